The van der Waals surface area contributed by atoms with Gasteiger partial charge in [0, 0.05) is 32.2 Å². The van der Waals surface area contributed by atoms with E-state index in [9.17, 15) is 9.59 Å². The molecule has 0 atom stereocenters. The number of amides is 2. The molecule has 140 valence electrons. The molecule has 0 aromatic rings. The molecule has 24 heavy (non-hydrogen) atoms. The summed E-state index contributed by atoms with van der Waals surface area (Å²) in [5.41, 5.74) is 5.40. The highest BCUT2D eigenvalue weighted by Gasteiger charge is 2.48. The van der Waals surface area contributed by atoms with E-state index in [1.54, 1.807) is 0 Å². The van der Waals surface area contributed by atoms with Gasteiger partial charge in [-0.25, -0.2) is 0 Å². The van der Waals surface area contributed by atoms with Crippen molar-refractivity contribution in [2.75, 3.05) is 32.7 Å². The summed E-state index contributed by atoms with van der Waals surface area (Å²) < 4.78 is 0. The van der Waals surface area contributed by atoms with Gasteiger partial charge < -0.3 is 16.0 Å². The molecule has 0 bridgehead atoms. The van der Waals surface area contributed by atoms with Crippen molar-refractivity contribution >= 4 is 36.6 Å². The zero-order valence-corrected chi connectivity index (χ0v) is 15.8. The maximum atomic E-state index is 12.2. The first-order chi connectivity index (χ1) is 10.6. The van der Waals surface area contributed by atoms with E-state index in [2.05, 4.69) is 10.2 Å². The minimum atomic E-state index is -0.569. The Labute approximate surface area is 156 Å². The molecule has 2 saturated carbocycles. The number of hydrogen-bond donors (Lipinski definition) is 2. The predicted octanol–water partition coefficient (Wildman–Crippen LogP) is 0.914. The van der Waals surface area contributed by atoms with Crippen LogP contribution in [0.2, 0.25) is 0 Å². The Balaban J connectivity index is 0.00000144. The van der Waals surface area contributed by atoms with Crippen LogP contribution in [0.3, 0.4) is 0 Å². The molecule has 0 radical (unpaired) electrons. The summed E-state index contributed by atoms with van der Waals surface area (Å²) >= 11 is 0. The molecular formula is C16H30Cl2N4O2. The Bertz CT molecular complexity index is 432. The zero-order chi connectivity index (χ0) is 15.6. The van der Waals surface area contributed by atoms with Crippen molar-refractivity contribution in [3.8, 4) is 0 Å². The number of carbonyl (C=O) groups excluding carboxylic acids is 2. The molecule has 1 heterocycles. The van der Waals surface area contributed by atoms with Crippen LogP contribution in [0, 0.1) is 0 Å². The highest BCUT2D eigenvalue weighted by Crippen LogP contribution is 2.34. The summed E-state index contributed by atoms with van der Waals surface area (Å²) in [6, 6.07) is 0.371. The average Bonchev–Trinajstić information content (AvgIpc) is 3.27. The highest BCUT2D eigenvalue weighted by atomic mass is 35.5. The van der Waals surface area contributed by atoms with Crippen molar-refractivity contribution in [2.45, 2.75) is 56.5 Å². The Kier molecular flexibility index (Phi) is 8.26. The molecule has 6 nitrogen and oxygen atoms in total. The first-order valence-electron chi connectivity index (χ1n) is 8.67. The average molecular weight is 381 g/mol. The van der Waals surface area contributed by atoms with Gasteiger partial charge in [0.1, 0.15) is 0 Å². The van der Waals surface area contributed by atoms with Gasteiger partial charge in [0.2, 0.25) is 11.8 Å². The van der Waals surface area contributed by atoms with Crippen LogP contribution in [0.5, 0.6) is 0 Å². The molecule has 0 aromatic carbocycles. The Morgan fingerprint density at radius 3 is 2.12 bits per heavy atom. The number of rotatable bonds is 4. The standard InChI is InChI=1S/C16H28N4O2.2ClH/c17-16(6-7-16)15(22)20-10-8-19(9-11-20)12-14(21)18-13-4-2-1-3-5-13;;/h13H,1-12,17H2,(H,18,21);2*1H. The van der Waals surface area contributed by atoms with Crippen LogP contribution in [-0.4, -0.2) is 65.9 Å². The lowest BCUT2D eigenvalue weighted by atomic mass is 9.95. The van der Waals surface area contributed by atoms with Crippen LogP contribution < -0.4 is 11.1 Å². The van der Waals surface area contributed by atoms with Gasteiger partial charge in [-0.05, 0) is 25.7 Å². The van der Waals surface area contributed by atoms with Crippen molar-refractivity contribution in [3.63, 3.8) is 0 Å². The van der Waals surface area contributed by atoms with Crippen molar-refractivity contribution in [2.24, 2.45) is 5.73 Å². The van der Waals surface area contributed by atoms with E-state index >= 15 is 0 Å². The van der Waals surface area contributed by atoms with E-state index in [1.807, 2.05) is 4.90 Å². The van der Waals surface area contributed by atoms with E-state index in [0.717, 1.165) is 38.8 Å². The topological polar surface area (TPSA) is 78.7 Å². The van der Waals surface area contributed by atoms with E-state index in [4.69, 9.17) is 5.73 Å². The van der Waals surface area contributed by atoms with E-state index in [1.165, 1.54) is 19.3 Å². The summed E-state index contributed by atoms with van der Waals surface area (Å²) in [5.74, 6) is 0.225. The number of carbonyl (C=O) groups is 2. The number of halogens is 2. The normalized spacial score (nSPS) is 23.6. The van der Waals surface area contributed by atoms with Gasteiger partial charge in [0.15, 0.2) is 0 Å². The van der Waals surface area contributed by atoms with Crippen molar-refractivity contribution < 1.29 is 9.59 Å². The zero-order valence-electron chi connectivity index (χ0n) is 14.2. The van der Waals surface area contributed by atoms with Crippen LogP contribution in [0.25, 0.3) is 0 Å². The number of hydrogen-bond acceptors (Lipinski definition) is 4. The second-order valence-electron chi connectivity index (χ2n) is 7.13. The highest BCUT2D eigenvalue weighted by molar-refractivity contribution is 5.89. The summed E-state index contributed by atoms with van der Waals surface area (Å²) in [7, 11) is 0. The Hall–Kier alpha value is -0.560. The third-order valence-electron chi connectivity index (χ3n) is 5.21. The van der Waals surface area contributed by atoms with E-state index in [0.29, 0.717) is 25.7 Å². The van der Waals surface area contributed by atoms with Crippen LogP contribution in [0.15, 0.2) is 0 Å². The van der Waals surface area contributed by atoms with Crippen molar-refractivity contribution in [3.05, 3.63) is 0 Å². The van der Waals surface area contributed by atoms with Crippen molar-refractivity contribution in [1.82, 2.24) is 15.1 Å². The third-order valence-corrected chi connectivity index (χ3v) is 5.21. The fourth-order valence-corrected chi connectivity index (χ4v) is 3.50. The molecule has 0 aromatic heterocycles. The second kappa shape index (κ2) is 9.22. The first kappa shape index (κ1) is 21.5. The minimum absolute atomic E-state index is 0. The van der Waals surface area contributed by atoms with Crippen LogP contribution in [0.4, 0.5) is 0 Å². The van der Waals surface area contributed by atoms with Crippen LogP contribution >= 0.6 is 24.8 Å². The maximum absolute atomic E-state index is 12.2. The number of nitrogens with zero attached hydrogens (tertiary/aromatic N) is 2. The fraction of sp³-hybridized carbons (Fsp3) is 0.875. The predicted molar refractivity (Wildman–Crippen MR) is 98.7 cm³/mol. The first-order valence-corrected chi connectivity index (χ1v) is 8.67. The van der Waals surface area contributed by atoms with Gasteiger partial charge in [-0.3, -0.25) is 14.5 Å². The molecule has 1 saturated heterocycles. The van der Waals surface area contributed by atoms with Gasteiger partial charge in [-0.15, -0.1) is 24.8 Å². The van der Waals surface area contributed by atoms with E-state index in [-0.39, 0.29) is 36.6 Å². The summed E-state index contributed by atoms with van der Waals surface area (Å²) in [4.78, 5) is 28.3. The summed E-state index contributed by atoms with van der Waals surface area (Å²) in [5, 5.41) is 3.15. The van der Waals surface area contributed by atoms with E-state index < -0.39 is 5.54 Å². The fourth-order valence-electron chi connectivity index (χ4n) is 3.50. The quantitative estimate of drug-likeness (QED) is 0.759. The molecule has 3 rings (SSSR count). The minimum Gasteiger partial charge on any atom is -0.352 e. The van der Waals surface area contributed by atoms with Crippen molar-refractivity contribution in [1.29, 1.82) is 0 Å². The van der Waals surface area contributed by atoms with Gasteiger partial charge in [-0.1, -0.05) is 19.3 Å². The molecular weight excluding hydrogens is 351 g/mol. The summed E-state index contributed by atoms with van der Waals surface area (Å²) in [6.45, 7) is 3.36. The number of nitrogens with two attached hydrogens (primary N) is 1. The molecule has 8 heteroatoms. The number of nitrogens with one attached hydrogen (secondary N) is 1. The molecule has 0 spiro atoms. The molecule has 3 N–H and O–H groups in total. The smallest absolute Gasteiger partial charge is 0.242 e. The summed E-state index contributed by atoms with van der Waals surface area (Å²) in [6.07, 6.45) is 7.62. The SMILES string of the molecule is Cl.Cl.NC1(C(=O)N2CCN(CC(=O)NC3CCCCC3)CC2)CC1. The van der Waals surface area contributed by atoms with Crippen LogP contribution in [0.1, 0.15) is 44.9 Å². The maximum Gasteiger partial charge on any atom is 0.242 e. The van der Waals surface area contributed by atoms with Gasteiger partial charge in [0.25, 0.3) is 0 Å². The molecule has 3 aliphatic rings. The third kappa shape index (κ3) is 5.48. The van der Waals surface area contributed by atoms with Gasteiger partial charge in [0.05, 0.1) is 12.1 Å². The monoisotopic (exact) mass is 380 g/mol. The molecule has 2 amide bonds. The van der Waals surface area contributed by atoms with Gasteiger partial charge in [-0.2, -0.15) is 0 Å². The van der Waals surface area contributed by atoms with Crippen LogP contribution in [-0.2, 0) is 9.59 Å². The molecule has 3 fully saturated rings. The number of piperazine rings is 1. The lowest BCUT2D eigenvalue weighted by molar-refractivity contribution is -0.135. The largest absolute Gasteiger partial charge is 0.352 e. The van der Waals surface area contributed by atoms with Gasteiger partial charge >= 0.3 is 0 Å². The lowest BCUT2D eigenvalue weighted by Crippen LogP contribution is -2.55. The Morgan fingerprint density at radius 2 is 1.58 bits per heavy atom. The molecule has 2 aliphatic carbocycles. The lowest BCUT2D eigenvalue weighted by Gasteiger charge is -2.36. The second-order valence-corrected chi connectivity index (χ2v) is 7.13. The Morgan fingerprint density at radius 1 is 1.00 bits per heavy atom. The molecule has 0 unspecified atom stereocenters. The molecule has 1 aliphatic heterocycles.